The second kappa shape index (κ2) is 10.6. The quantitative estimate of drug-likeness (QED) is 0.433. The minimum Gasteiger partial charge on any atom is -0.548 e. The van der Waals surface area contributed by atoms with Crippen LogP contribution in [0.2, 0.25) is 10.0 Å². The Morgan fingerprint density at radius 2 is 1.62 bits per heavy atom. The molecule has 9 heteroatoms. The van der Waals surface area contributed by atoms with Gasteiger partial charge in [0.05, 0.1) is 12.5 Å². The van der Waals surface area contributed by atoms with Crippen LogP contribution < -0.4 is 9.84 Å². The van der Waals surface area contributed by atoms with Gasteiger partial charge >= 0.3 is 0 Å². The third-order valence-corrected chi connectivity index (χ3v) is 8.13. The van der Waals surface area contributed by atoms with Crippen molar-refractivity contribution in [3.05, 3.63) is 84.6 Å². The zero-order valence-electron chi connectivity index (χ0n) is 19.8. The van der Waals surface area contributed by atoms with Crippen molar-refractivity contribution in [1.29, 1.82) is 0 Å². The predicted octanol–water partition coefficient (Wildman–Crippen LogP) is 5.50. The summed E-state index contributed by atoms with van der Waals surface area (Å²) in [4.78, 5) is 40.2. The highest BCUT2D eigenvalue weighted by molar-refractivity contribution is 9.10. The van der Waals surface area contributed by atoms with E-state index in [0.717, 1.165) is 10.0 Å². The Kier molecular flexibility index (Phi) is 7.48. The van der Waals surface area contributed by atoms with Crippen molar-refractivity contribution >= 4 is 56.7 Å². The molecule has 2 aromatic carbocycles. The van der Waals surface area contributed by atoms with Crippen LogP contribution in [0, 0.1) is 0 Å². The lowest BCUT2D eigenvalue weighted by atomic mass is 9.70. The number of ketones is 2. The van der Waals surface area contributed by atoms with Crippen molar-refractivity contribution in [2.75, 3.05) is 6.54 Å². The van der Waals surface area contributed by atoms with E-state index in [4.69, 9.17) is 27.9 Å². The summed E-state index contributed by atoms with van der Waals surface area (Å²) in [7, 11) is 0. The molecular weight excluding hydrogens is 581 g/mol. The zero-order chi connectivity index (χ0) is 26.3. The van der Waals surface area contributed by atoms with Crippen LogP contribution in [0.4, 0.5) is 0 Å². The second-order valence-corrected chi connectivity index (χ2v) is 11.1. The van der Waals surface area contributed by atoms with Gasteiger partial charge < -0.3 is 19.5 Å². The van der Waals surface area contributed by atoms with E-state index in [1.165, 1.54) is 0 Å². The fourth-order valence-electron chi connectivity index (χ4n) is 5.52. The number of Topliss-reactive ketones (excluding diaryl/α,β-unsaturated/α-hetero) is 2. The summed E-state index contributed by atoms with van der Waals surface area (Å²) >= 11 is 15.9. The number of benzene rings is 2. The number of carbonyl (C=O) groups excluding carboxylic acids is 3. The van der Waals surface area contributed by atoms with Crippen molar-refractivity contribution in [2.45, 2.75) is 51.0 Å². The third-order valence-electron chi connectivity index (χ3n) is 7.05. The van der Waals surface area contributed by atoms with Crippen LogP contribution in [0.3, 0.4) is 0 Å². The number of hydrogen-bond acceptors (Lipinski definition) is 6. The first kappa shape index (κ1) is 26.0. The summed E-state index contributed by atoms with van der Waals surface area (Å²) in [5.74, 6) is -1.53. The van der Waals surface area contributed by atoms with Crippen molar-refractivity contribution in [3.63, 3.8) is 0 Å². The maximum absolute atomic E-state index is 13.4. The first-order chi connectivity index (χ1) is 17.7. The Labute approximate surface area is 233 Å². The van der Waals surface area contributed by atoms with Crippen LogP contribution in [0.1, 0.15) is 55.6 Å². The molecule has 0 unspecified atom stereocenters. The molecule has 37 heavy (non-hydrogen) atoms. The van der Waals surface area contributed by atoms with Crippen LogP contribution in [-0.2, 0) is 21.0 Å². The first-order valence-electron chi connectivity index (χ1n) is 12.1. The van der Waals surface area contributed by atoms with Gasteiger partial charge in [-0.15, -0.1) is 0 Å². The SMILES string of the molecule is O=C([O-])CN1C2=C(C(=O)CCC2)C(c2cc(Br)ccc2OCc2ccc(Cl)cc2Cl)C2=C1CCCC2=O. The normalized spacial score (nSPS) is 18.2. The van der Waals surface area contributed by atoms with E-state index in [-0.39, 0.29) is 24.7 Å². The summed E-state index contributed by atoms with van der Waals surface area (Å²) in [6.07, 6.45) is 3.05. The Morgan fingerprint density at radius 3 is 2.22 bits per heavy atom. The summed E-state index contributed by atoms with van der Waals surface area (Å²) in [6, 6.07) is 10.7. The third kappa shape index (κ3) is 5.09. The maximum atomic E-state index is 13.4. The Morgan fingerprint density at radius 1 is 0.973 bits per heavy atom. The van der Waals surface area contributed by atoms with E-state index in [1.54, 1.807) is 29.2 Å². The Hall–Kier alpha value is -2.61. The molecule has 0 radical (unpaired) electrons. The summed E-state index contributed by atoms with van der Waals surface area (Å²) < 4.78 is 7.01. The summed E-state index contributed by atoms with van der Waals surface area (Å²) in [5.41, 5.74) is 3.73. The number of carboxylic acids is 1. The van der Waals surface area contributed by atoms with Crippen molar-refractivity contribution < 1.29 is 24.2 Å². The molecule has 192 valence electrons. The van der Waals surface area contributed by atoms with Gasteiger partial charge in [-0.05, 0) is 56.0 Å². The lowest BCUT2D eigenvalue weighted by Gasteiger charge is -2.44. The molecule has 1 heterocycles. The van der Waals surface area contributed by atoms with Gasteiger partial charge in [0.15, 0.2) is 11.6 Å². The minimum atomic E-state index is -1.25. The summed E-state index contributed by atoms with van der Waals surface area (Å²) in [5, 5.41) is 12.7. The van der Waals surface area contributed by atoms with Crippen LogP contribution in [0.15, 0.2) is 63.4 Å². The van der Waals surface area contributed by atoms with Gasteiger partial charge in [-0.1, -0.05) is 45.2 Å². The number of nitrogens with zero attached hydrogens (tertiary/aromatic N) is 1. The lowest BCUT2D eigenvalue weighted by molar-refractivity contribution is -0.305. The topological polar surface area (TPSA) is 86.7 Å². The molecule has 0 bridgehead atoms. The van der Waals surface area contributed by atoms with Crippen molar-refractivity contribution in [2.24, 2.45) is 0 Å². The molecule has 2 aromatic rings. The number of hydrogen-bond donors (Lipinski definition) is 0. The fourth-order valence-corrected chi connectivity index (χ4v) is 6.36. The van der Waals surface area contributed by atoms with Gasteiger partial charge in [0.1, 0.15) is 12.4 Å². The standard InChI is InChI=1S/C28H24BrCl2NO5/c29-16-8-10-24(37-14-15-7-9-17(30)12-19(15)31)18(11-16)26-27-20(3-1-5-22(27)33)32(13-25(35)36)21-4-2-6-23(34)28(21)26/h7-12,26H,1-6,13-14H2,(H,35,36)/p-1. The van der Waals surface area contributed by atoms with Crippen LogP contribution in [-0.4, -0.2) is 29.0 Å². The molecule has 0 saturated carbocycles. The van der Waals surface area contributed by atoms with Crippen molar-refractivity contribution in [3.8, 4) is 5.75 Å². The number of allylic oxidation sites excluding steroid dienone is 4. The van der Waals surface area contributed by atoms with Gasteiger partial charge in [0.2, 0.25) is 0 Å². The average molecular weight is 604 g/mol. The van der Waals surface area contributed by atoms with Gasteiger partial charge in [0, 0.05) is 66.9 Å². The number of carbonyl (C=O) groups is 3. The molecular formula is C28H23BrCl2NO5-. The van der Waals surface area contributed by atoms with E-state index in [0.29, 0.717) is 82.4 Å². The number of rotatable bonds is 6. The molecule has 0 fully saturated rings. The number of carboxylic acid groups (broad SMARTS) is 1. The molecule has 0 aromatic heterocycles. The van der Waals surface area contributed by atoms with Gasteiger partial charge in [0.25, 0.3) is 0 Å². The Balaban J connectivity index is 1.65. The van der Waals surface area contributed by atoms with E-state index in [2.05, 4.69) is 15.9 Å². The van der Waals surface area contributed by atoms with Crippen LogP contribution in [0.25, 0.3) is 0 Å². The van der Waals surface area contributed by atoms with E-state index >= 15 is 0 Å². The summed E-state index contributed by atoms with van der Waals surface area (Å²) in [6.45, 7) is -0.226. The van der Waals surface area contributed by atoms with Gasteiger partial charge in [-0.3, -0.25) is 9.59 Å². The molecule has 0 saturated heterocycles. The molecule has 5 rings (SSSR count). The minimum absolute atomic E-state index is 0.0776. The highest BCUT2D eigenvalue weighted by atomic mass is 79.9. The van der Waals surface area contributed by atoms with E-state index in [1.807, 2.05) is 12.1 Å². The molecule has 0 spiro atoms. The molecule has 0 amide bonds. The molecule has 2 aliphatic carbocycles. The highest BCUT2D eigenvalue weighted by Gasteiger charge is 2.44. The smallest absolute Gasteiger partial charge is 0.161 e. The van der Waals surface area contributed by atoms with E-state index in [9.17, 15) is 19.5 Å². The van der Waals surface area contributed by atoms with Gasteiger partial charge in [-0.2, -0.15) is 0 Å². The van der Waals surface area contributed by atoms with Crippen LogP contribution >= 0.6 is 39.1 Å². The Bertz CT molecular complexity index is 1340. The number of aliphatic carboxylic acids is 1. The molecule has 3 aliphatic rings. The van der Waals surface area contributed by atoms with Gasteiger partial charge in [-0.25, -0.2) is 0 Å². The second-order valence-electron chi connectivity index (χ2n) is 9.37. The number of halogens is 3. The largest absolute Gasteiger partial charge is 0.548 e. The fraction of sp³-hybridized carbons (Fsp3) is 0.321. The molecule has 0 atom stereocenters. The maximum Gasteiger partial charge on any atom is 0.161 e. The molecule has 0 N–H and O–H groups in total. The lowest BCUT2D eigenvalue weighted by Crippen LogP contribution is -2.44. The predicted molar refractivity (Wildman–Crippen MR) is 141 cm³/mol. The molecule has 6 nitrogen and oxygen atoms in total. The first-order valence-corrected chi connectivity index (χ1v) is 13.7. The molecule has 1 aliphatic heterocycles. The highest BCUT2D eigenvalue weighted by Crippen LogP contribution is 2.51. The van der Waals surface area contributed by atoms with Crippen LogP contribution in [0.5, 0.6) is 5.75 Å². The monoisotopic (exact) mass is 602 g/mol. The average Bonchev–Trinajstić information content (AvgIpc) is 2.85. The van der Waals surface area contributed by atoms with Crippen molar-refractivity contribution in [1.82, 2.24) is 4.90 Å². The number of ether oxygens (including phenoxy) is 1. The van der Waals surface area contributed by atoms with E-state index < -0.39 is 11.9 Å². The zero-order valence-corrected chi connectivity index (χ0v) is 22.9.